The summed E-state index contributed by atoms with van der Waals surface area (Å²) in [4.78, 5) is 26.7. The van der Waals surface area contributed by atoms with E-state index in [9.17, 15) is 9.59 Å². The minimum Gasteiger partial charge on any atom is -0.353 e. The quantitative estimate of drug-likeness (QED) is 0.619. The van der Waals surface area contributed by atoms with E-state index >= 15 is 0 Å². The molecular weight excluding hydrogens is 429 g/mol. The fourth-order valence-electron chi connectivity index (χ4n) is 3.22. The van der Waals surface area contributed by atoms with E-state index in [-0.39, 0.29) is 23.8 Å². The molecule has 1 saturated heterocycles. The first kappa shape index (κ1) is 20.2. The number of carbonyl (C=O) groups is 2. The summed E-state index contributed by atoms with van der Waals surface area (Å²) in [6.45, 7) is 6.03. The maximum Gasteiger partial charge on any atom is 0.238 e. The topological polar surface area (TPSA) is 61.4 Å². The highest BCUT2D eigenvalue weighted by Gasteiger charge is 2.27. The number of piperidine rings is 1. The van der Waals surface area contributed by atoms with Gasteiger partial charge in [-0.1, -0.05) is 13.3 Å². The average Bonchev–Trinajstić information content (AvgIpc) is 2.57. The number of amides is 2. The maximum absolute atomic E-state index is 12.4. The molecule has 6 heteroatoms. The van der Waals surface area contributed by atoms with Crippen LogP contribution in [0.2, 0.25) is 0 Å². The molecule has 1 aliphatic rings. The van der Waals surface area contributed by atoms with Crippen LogP contribution in [0.5, 0.6) is 0 Å². The summed E-state index contributed by atoms with van der Waals surface area (Å²) < 4.78 is 1.14. The summed E-state index contributed by atoms with van der Waals surface area (Å²) in [6, 6.07) is 7.96. The largest absolute Gasteiger partial charge is 0.353 e. The van der Waals surface area contributed by atoms with Gasteiger partial charge in [-0.2, -0.15) is 0 Å². The molecule has 25 heavy (non-hydrogen) atoms. The molecule has 1 aromatic rings. The summed E-state index contributed by atoms with van der Waals surface area (Å²) in [5.41, 5.74) is 0.810. The Bertz CT molecular complexity index is 577. The molecule has 138 valence electrons. The van der Waals surface area contributed by atoms with E-state index in [2.05, 4.69) is 52.0 Å². The highest BCUT2D eigenvalue weighted by molar-refractivity contribution is 14.1. The van der Waals surface area contributed by atoms with Crippen molar-refractivity contribution in [2.75, 3.05) is 25.0 Å². The zero-order chi connectivity index (χ0) is 18.2. The molecular formula is C19H28IN3O2. The summed E-state index contributed by atoms with van der Waals surface area (Å²) >= 11 is 2.24. The van der Waals surface area contributed by atoms with Crippen molar-refractivity contribution < 1.29 is 9.59 Å². The number of hydrogen-bond donors (Lipinski definition) is 2. The summed E-state index contributed by atoms with van der Waals surface area (Å²) in [6.07, 6.45) is 3.93. The standard InChI is InChI=1S/C19H28IN3O2/c1-3-5-14(2)21-19(25)15-6-4-11-23(12-15)13-18(24)22-17-9-7-16(20)8-10-17/h7-10,14-15H,3-6,11-13H2,1-2H3,(H,21,25)(H,22,24). The van der Waals surface area contributed by atoms with Gasteiger partial charge in [0, 0.05) is 21.8 Å². The number of nitrogens with one attached hydrogen (secondary N) is 2. The lowest BCUT2D eigenvalue weighted by atomic mass is 9.96. The Morgan fingerprint density at radius 3 is 2.72 bits per heavy atom. The van der Waals surface area contributed by atoms with E-state index in [1.54, 1.807) is 0 Å². The second kappa shape index (κ2) is 10.1. The fourth-order valence-corrected chi connectivity index (χ4v) is 3.58. The molecule has 5 nitrogen and oxygen atoms in total. The first-order valence-electron chi connectivity index (χ1n) is 9.06. The third-order valence-corrected chi connectivity index (χ3v) is 5.20. The van der Waals surface area contributed by atoms with Crippen molar-refractivity contribution in [1.82, 2.24) is 10.2 Å². The fraction of sp³-hybridized carbons (Fsp3) is 0.579. The molecule has 0 radical (unpaired) electrons. The van der Waals surface area contributed by atoms with E-state index < -0.39 is 0 Å². The lowest BCUT2D eigenvalue weighted by molar-refractivity contribution is -0.128. The molecule has 0 saturated carbocycles. The Balaban J connectivity index is 1.81. The van der Waals surface area contributed by atoms with E-state index in [1.165, 1.54) is 0 Å². The van der Waals surface area contributed by atoms with Crippen LogP contribution in [-0.2, 0) is 9.59 Å². The molecule has 1 heterocycles. The second-order valence-corrected chi connectivity index (χ2v) is 8.07. The minimum atomic E-state index is -0.0263. The highest BCUT2D eigenvalue weighted by atomic mass is 127. The molecule has 1 aromatic carbocycles. The third-order valence-electron chi connectivity index (χ3n) is 4.48. The van der Waals surface area contributed by atoms with Gasteiger partial charge in [-0.15, -0.1) is 0 Å². The number of halogens is 1. The third kappa shape index (κ3) is 6.93. The number of hydrogen-bond acceptors (Lipinski definition) is 3. The lowest BCUT2D eigenvalue weighted by Gasteiger charge is -2.32. The van der Waals surface area contributed by atoms with Gasteiger partial charge in [0.1, 0.15) is 0 Å². The molecule has 0 aromatic heterocycles. The van der Waals surface area contributed by atoms with Crippen LogP contribution in [0, 0.1) is 9.49 Å². The van der Waals surface area contributed by atoms with Crippen molar-refractivity contribution in [1.29, 1.82) is 0 Å². The van der Waals surface area contributed by atoms with Crippen LogP contribution >= 0.6 is 22.6 Å². The molecule has 0 bridgehead atoms. The van der Waals surface area contributed by atoms with Crippen LogP contribution in [0.4, 0.5) is 5.69 Å². The van der Waals surface area contributed by atoms with Crippen molar-refractivity contribution in [3.8, 4) is 0 Å². The van der Waals surface area contributed by atoms with Crippen molar-refractivity contribution in [3.63, 3.8) is 0 Å². The molecule has 2 rings (SSSR count). The normalized spacial score (nSPS) is 19.2. The van der Waals surface area contributed by atoms with Gasteiger partial charge >= 0.3 is 0 Å². The van der Waals surface area contributed by atoms with Gasteiger partial charge in [-0.25, -0.2) is 0 Å². The Kier molecular flexibility index (Phi) is 8.15. The van der Waals surface area contributed by atoms with E-state index in [0.29, 0.717) is 13.1 Å². The molecule has 2 amide bonds. The number of likely N-dealkylation sites (tertiary alicyclic amines) is 1. The van der Waals surface area contributed by atoms with E-state index in [0.717, 1.165) is 41.5 Å². The van der Waals surface area contributed by atoms with Crippen molar-refractivity contribution >= 4 is 40.1 Å². The Morgan fingerprint density at radius 1 is 1.32 bits per heavy atom. The molecule has 1 fully saturated rings. The SMILES string of the molecule is CCCC(C)NC(=O)C1CCCN(CC(=O)Nc2ccc(I)cc2)C1. The smallest absolute Gasteiger partial charge is 0.238 e. The number of benzene rings is 1. The van der Waals surface area contributed by atoms with Gasteiger partial charge < -0.3 is 10.6 Å². The molecule has 0 spiro atoms. The molecule has 2 atom stereocenters. The van der Waals surface area contributed by atoms with Gasteiger partial charge in [0.15, 0.2) is 0 Å². The van der Waals surface area contributed by atoms with Gasteiger partial charge in [-0.3, -0.25) is 14.5 Å². The van der Waals surface area contributed by atoms with Crippen LogP contribution < -0.4 is 10.6 Å². The number of nitrogens with zero attached hydrogens (tertiary/aromatic N) is 1. The maximum atomic E-state index is 12.4. The first-order chi connectivity index (χ1) is 12.0. The van der Waals surface area contributed by atoms with E-state index in [4.69, 9.17) is 0 Å². The van der Waals surface area contributed by atoms with Gasteiger partial charge in [0.25, 0.3) is 0 Å². The Labute approximate surface area is 164 Å². The monoisotopic (exact) mass is 457 g/mol. The number of anilines is 1. The van der Waals surface area contributed by atoms with Crippen molar-refractivity contribution in [3.05, 3.63) is 27.8 Å². The number of rotatable bonds is 7. The number of carbonyl (C=O) groups excluding carboxylic acids is 2. The summed E-state index contributed by atoms with van der Waals surface area (Å²) in [5, 5.41) is 6.03. The summed E-state index contributed by atoms with van der Waals surface area (Å²) in [5.74, 6) is 0.0875. The zero-order valence-electron chi connectivity index (χ0n) is 15.1. The van der Waals surface area contributed by atoms with Crippen molar-refractivity contribution in [2.24, 2.45) is 5.92 Å². The van der Waals surface area contributed by atoms with Crippen LogP contribution in [0.1, 0.15) is 39.5 Å². The van der Waals surface area contributed by atoms with Gasteiger partial charge in [0.05, 0.1) is 12.5 Å². The van der Waals surface area contributed by atoms with Crippen LogP contribution in [0.15, 0.2) is 24.3 Å². The first-order valence-corrected chi connectivity index (χ1v) is 10.1. The van der Waals surface area contributed by atoms with Gasteiger partial charge in [-0.05, 0) is 79.6 Å². The van der Waals surface area contributed by atoms with E-state index in [1.807, 2.05) is 24.3 Å². The minimum absolute atomic E-state index is 0.0147. The second-order valence-electron chi connectivity index (χ2n) is 6.83. The molecule has 0 aliphatic carbocycles. The Morgan fingerprint density at radius 2 is 2.04 bits per heavy atom. The molecule has 2 unspecified atom stereocenters. The molecule has 1 aliphatic heterocycles. The van der Waals surface area contributed by atoms with Crippen molar-refractivity contribution in [2.45, 2.75) is 45.6 Å². The molecule has 2 N–H and O–H groups in total. The predicted molar refractivity (Wildman–Crippen MR) is 109 cm³/mol. The lowest BCUT2D eigenvalue weighted by Crippen LogP contribution is -2.47. The predicted octanol–water partition coefficient (Wildman–Crippen LogP) is 3.25. The average molecular weight is 457 g/mol. The van der Waals surface area contributed by atoms with Crippen LogP contribution in [0.25, 0.3) is 0 Å². The highest BCUT2D eigenvalue weighted by Crippen LogP contribution is 2.17. The Hall–Kier alpha value is -1.15. The van der Waals surface area contributed by atoms with Crippen LogP contribution in [0.3, 0.4) is 0 Å². The summed E-state index contributed by atoms with van der Waals surface area (Å²) in [7, 11) is 0. The van der Waals surface area contributed by atoms with Gasteiger partial charge in [0.2, 0.25) is 11.8 Å². The zero-order valence-corrected chi connectivity index (χ0v) is 17.2. The van der Waals surface area contributed by atoms with Crippen LogP contribution in [-0.4, -0.2) is 42.4 Å².